The maximum atomic E-state index is 13.2. The summed E-state index contributed by atoms with van der Waals surface area (Å²) in [6, 6.07) is 11.4. The minimum absolute atomic E-state index is 0.0294. The number of nitrogens with zero attached hydrogens (tertiary/aromatic N) is 3. The predicted molar refractivity (Wildman–Crippen MR) is 122 cm³/mol. The fourth-order valence-electron chi connectivity index (χ4n) is 3.09. The van der Waals surface area contributed by atoms with E-state index in [1.807, 2.05) is 57.4 Å². The number of halogens is 1. The summed E-state index contributed by atoms with van der Waals surface area (Å²) in [5, 5.41) is 1.37. The fraction of sp³-hybridized carbons (Fsp3) is 0.364. The van der Waals surface area contributed by atoms with E-state index in [1.165, 1.54) is 11.3 Å². The second kappa shape index (κ2) is 9.57. The molecule has 0 atom stereocenters. The molecule has 0 saturated carbocycles. The highest BCUT2D eigenvalue weighted by atomic mass is 35.5. The smallest absolute Gasteiger partial charge is 0.233 e. The Morgan fingerprint density at radius 3 is 2.48 bits per heavy atom. The van der Waals surface area contributed by atoms with Crippen LogP contribution in [-0.4, -0.2) is 50.1 Å². The summed E-state index contributed by atoms with van der Waals surface area (Å²) in [5.41, 5.74) is 2.87. The zero-order valence-corrected chi connectivity index (χ0v) is 18.8. The van der Waals surface area contributed by atoms with E-state index in [2.05, 4.69) is 4.90 Å². The van der Waals surface area contributed by atoms with E-state index in [0.717, 1.165) is 40.1 Å². The number of carbonyl (C=O) groups is 1. The molecule has 7 heteroatoms. The summed E-state index contributed by atoms with van der Waals surface area (Å²) < 4.78 is 6.13. The first-order valence-electron chi connectivity index (χ1n) is 9.52. The van der Waals surface area contributed by atoms with Gasteiger partial charge >= 0.3 is 0 Å². The van der Waals surface area contributed by atoms with Crippen LogP contribution < -0.4 is 9.64 Å². The third kappa shape index (κ3) is 5.26. The molecule has 1 amide bonds. The number of anilines is 1. The van der Waals surface area contributed by atoms with Crippen LogP contribution in [0.15, 0.2) is 36.4 Å². The number of carbonyl (C=O) groups excluding carboxylic acids is 1. The Labute approximate surface area is 180 Å². The number of aromatic nitrogens is 1. The first-order chi connectivity index (χ1) is 13.9. The molecule has 0 spiro atoms. The topological polar surface area (TPSA) is 45.7 Å². The quantitative estimate of drug-likeness (QED) is 0.514. The van der Waals surface area contributed by atoms with Gasteiger partial charge in [0.15, 0.2) is 5.13 Å². The van der Waals surface area contributed by atoms with Gasteiger partial charge in [0.05, 0.1) is 28.8 Å². The van der Waals surface area contributed by atoms with Crippen molar-refractivity contribution >= 4 is 44.2 Å². The van der Waals surface area contributed by atoms with Gasteiger partial charge in [-0.2, -0.15) is 0 Å². The number of benzene rings is 2. The SMILES string of the molecule is COc1ccc(CC(=O)N(CCCN(C)C)c2nc3c(C)ccc(Cl)c3s2)cc1. The largest absolute Gasteiger partial charge is 0.497 e. The van der Waals surface area contributed by atoms with Crippen LogP contribution in [0, 0.1) is 6.92 Å². The van der Waals surface area contributed by atoms with Gasteiger partial charge in [-0.3, -0.25) is 9.69 Å². The predicted octanol–water partition coefficient (Wildman–Crippen LogP) is 4.79. The molecule has 0 radical (unpaired) electrons. The van der Waals surface area contributed by atoms with E-state index < -0.39 is 0 Å². The molecule has 3 aromatic rings. The first kappa shape index (κ1) is 21.6. The third-order valence-corrected chi connectivity index (χ3v) is 6.26. The van der Waals surface area contributed by atoms with Crippen LogP contribution in [-0.2, 0) is 11.2 Å². The second-order valence-electron chi connectivity index (χ2n) is 7.27. The summed E-state index contributed by atoms with van der Waals surface area (Å²) in [6.45, 7) is 3.53. The van der Waals surface area contributed by atoms with Crippen LogP contribution in [0.25, 0.3) is 10.2 Å². The van der Waals surface area contributed by atoms with Crippen molar-refractivity contribution in [3.8, 4) is 5.75 Å². The number of amides is 1. The lowest BCUT2D eigenvalue weighted by molar-refractivity contribution is -0.118. The third-order valence-electron chi connectivity index (χ3n) is 4.72. The molecule has 3 rings (SSSR count). The summed E-state index contributed by atoms with van der Waals surface area (Å²) in [4.78, 5) is 21.9. The number of fused-ring (bicyclic) bond motifs is 1. The molecule has 5 nitrogen and oxygen atoms in total. The Morgan fingerprint density at radius 1 is 1.14 bits per heavy atom. The molecule has 2 aromatic carbocycles. The summed E-state index contributed by atoms with van der Waals surface area (Å²) in [7, 11) is 5.70. The highest BCUT2D eigenvalue weighted by Gasteiger charge is 2.21. The molecular formula is C22H26ClN3O2S. The van der Waals surface area contributed by atoms with Crippen LogP contribution in [0.5, 0.6) is 5.75 Å². The van der Waals surface area contributed by atoms with Gasteiger partial charge in [-0.1, -0.05) is 41.1 Å². The number of thiazole rings is 1. The molecule has 0 unspecified atom stereocenters. The van der Waals surface area contributed by atoms with Gasteiger partial charge in [-0.05, 0) is 63.3 Å². The number of hydrogen-bond donors (Lipinski definition) is 0. The van der Waals surface area contributed by atoms with Crippen molar-refractivity contribution in [1.82, 2.24) is 9.88 Å². The fourth-order valence-corrected chi connectivity index (χ4v) is 4.45. The van der Waals surface area contributed by atoms with Crippen LogP contribution in [0.4, 0.5) is 5.13 Å². The van der Waals surface area contributed by atoms with Gasteiger partial charge < -0.3 is 9.64 Å². The first-order valence-corrected chi connectivity index (χ1v) is 10.7. The Morgan fingerprint density at radius 2 is 1.86 bits per heavy atom. The van der Waals surface area contributed by atoms with Crippen molar-refractivity contribution in [2.45, 2.75) is 19.8 Å². The number of rotatable bonds is 8. The minimum Gasteiger partial charge on any atom is -0.497 e. The molecule has 1 heterocycles. The number of aryl methyl sites for hydroxylation is 1. The molecule has 0 aliphatic carbocycles. The van der Waals surface area contributed by atoms with Gasteiger partial charge in [-0.15, -0.1) is 0 Å². The van der Waals surface area contributed by atoms with E-state index in [9.17, 15) is 4.79 Å². The summed E-state index contributed by atoms with van der Waals surface area (Å²) in [6.07, 6.45) is 1.18. The maximum Gasteiger partial charge on any atom is 0.233 e. The van der Waals surface area contributed by atoms with Gasteiger partial charge in [0.25, 0.3) is 0 Å². The Bertz CT molecular complexity index is 947. The standard InChI is InChI=1S/C22H26ClN3O2S/c1-15-6-11-18(23)21-20(15)24-22(29-21)26(13-5-12-25(2)3)19(27)14-16-7-9-17(28-4)10-8-16/h6-11H,5,12-14H2,1-4H3. The van der Waals surface area contributed by atoms with E-state index in [1.54, 1.807) is 12.0 Å². The maximum absolute atomic E-state index is 13.2. The average Bonchev–Trinajstić information content (AvgIpc) is 3.15. The molecule has 0 N–H and O–H groups in total. The lowest BCUT2D eigenvalue weighted by Crippen LogP contribution is -2.34. The Balaban J connectivity index is 1.88. The Kier molecular flexibility index (Phi) is 7.11. The highest BCUT2D eigenvalue weighted by Crippen LogP contribution is 2.36. The van der Waals surface area contributed by atoms with Crippen molar-refractivity contribution in [2.24, 2.45) is 0 Å². The monoisotopic (exact) mass is 431 g/mol. The van der Waals surface area contributed by atoms with E-state index in [0.29, 0.717) is 23.1 Å². The zero-order valence-electron chi connectivity index (χ0n) is 17.2. The van der Waals surface area contributed by atoms with Gasteiger partial charge in [-0.25, -0.2) is 4.98 Å². The highest BCUT2D eigenvalue weighted by molar-refractivity contribution is 7.23. The Hall–Kier alpha value is -2.15. The second-order valence-corrected chi connectivity index (χ2v) is 8.65. The number of methoxy groups -OCH3 is 1. The minimum atomic E-state index is 0.0294. The van der Waals surface area contributed by atoms with Crippen molar-refractivity contribution in [2.75, 3.05) is 39.2 Å². The molecule has 154 valence electrons. The lowest BCUT2D eigenvalue weighted by Gasteiger charge is -2.21. The van der Waals surface area contributed by atoms with Crippen LogP contribution in [0.2, 0.25) is 5.02 Å². The van der Waals surface area contributed by atoms with E-state index >= 15 is 0 Å². The summed E-state index contributed by atoms with van der Waals surface area (Å²) >= 11 is 7.86. The van der Waals surface area contributed by atoms with Gasteiger partial charge in [0, 0.05) is 6.54 Å². The van der Waals surface area contributed by atoms with Crippen LogP contribution >= 0.6 is 22.9 Å². The normalized spacial score (nSPS) is 11.2. The van der Waals surface area contributed by atoms with Crippen LogP contribution in [0.3, 0.4) is 0 Å². The van der Waals surface area contributed by atoms with Gasteiger partial charge in [0.2, 0.25) is 5.91 Å². The van der Waals surface area contributed by atoms with Crippen molar-refractivity contribution in [3.05, 3.63) is 52.5 Å². The van der Waals surface area contributed by atoms with Crippen molar-refractivity contribution in [3.63, 3.8) is 0 Å². The van der Waals surface area contributed by atoms with E-state index in [4.69, 9.17) is 21.3 Å². The molecule has 0 bridgehead atoms. The molecule has 0 saturated heterocycles. The van der Waals surface area contributed by atoms with Crippen molar-refractivity contribution in [1.29, 1.82) is 0 Å². The zero-order chi connectivity index (χ0) is 21.0. The molecular weight excluding hydrogens is 406 g/mol. The summed E-state index contributed by atoms with van der Waals surface area (Å²) in [5.74, 6) is 0.807. The number of hydrogen-bond acceptors (Lipinski definition) is 5. The van der Waals surface area contributed by atoms with E-state index in [-0.39, 0.29) is 5.91 Å². The number of ether oxygens (including phenoxy) is 1. The molecule has 1 aromatic heterocycles. The molecule has 29 heavy (non-hydrogen) atoms. The van der Waals surface area contributed by atoms with Gasteiger partial charge in [0.1, 0.15) is 5.75 Å². The van der Waals surface area contributed by atoms with Crippen LogP contribution in [0.1, 0.15) is 17.5 Å². The average molecular weight is 432 g/mol. The molecule has 0 fully saturated rings. The molecule has 0 aliphatic rings. The lowest BCUT2D eigenvalue weighted by atomic mass is 10.1. The molecule has 0 aliphatic heterocycles. The van der Waals surface area contributed by atoms with Crippen molar-refractivity contribution < 1.29 is 9.53 Å².